The van der Waals surface area contributed by atoms with Gasteiger partial charge in [0.2, 0.25) is 0 Å². The van der Waals surface area contributed by atoms with E-state index >= 15 is 0 Å². The molecule has 20 heavy (non-hydrogen) atoms. The monoisotopic (exact) mass is 291 g/mol. The van der Waals surface area contributed by atoms with Gasteiger partial charge in [-0.15, -0.1) is 0 Å². The topological polar surface area (TPSA) is 21.3 Å². The highest BCUT2D eigenvalue weighted by atomic mass is 35.5. The lowest BCUT2D eigenvalue weighted by atomic mass is 9.98. The van der Waals surface area contributed by atoms with Crippen molar-refractivity contribution in [1.82, 2.24) is 5.32 Å². The summed E-state index contributed by atoms with van der Waals surface area (Å²) in [6.07, 6.45) is 6.82. The number of hydrogen-bond donors (Lipinski definition) is 1. The lowest BCUT2D eigenvalue weighted by molar-refractivity contribution is 0.348. The van der Waals surface area contributed by atoms with Gasteiger partial charge in [-0.05, 0) is 67.7 Å². The van der Waals surface area contributed by atoms with Crippen molar-refractivity contribution in [1.29, 1.82) is 0 Å². The third-order valence-electron chi connectivity index (χ3n) is 4.98. The molecule has 1 N–H and O–H groups in total. The van der Waals surface area contributed by atoms with E-state index in [0.717, 1.165) is 54.6 Å². The molecule has 3 heteroatoms. The molecule has 2 aliphatic carbocycles. The molecule has 0 aromatic heterocycles. The van der Waals surface area contributed by atoms with Crippen molar-refractivity contribution in [3.05, 3.63) is 28.3 Å². The van der Waals surface area contributed by atoms with Crippen LogP contribution in [0.5, 0.6) is 5.75 Å². The van der Waals surface area contributed by atoms with Crippen LogP contribution in [0.3, 0.4) is 0 Å². The molecular weight excluding hydrogens is 270 g/mol. The standard InChI is InChI=1S/C17H22ClNO/c18-15-7-13-5-6-20-17(13)14(8-15)9-19-10-16(11-1-2-11)12-3-4-12/h7-8,11-12,16,19H,1-6,9-10H2. The summed E-state index contributed by atoms with van der Waals surface area (Å²) < 4.78 is 5.76. The van der Waals surface area contributed by atoms with Crippen LogP contribution in [0, 0.1) is 17.8 Å². The van der Waals surface area contributed by atoms with Crippen LogP contribution in [0.25, 0.3) is 0 Å². The minimum absolute atomic E-state index is 0.801. The zero-order valence-corrected chi connectivity index (χ0v) is 12.6. The third kappa shape index (κ3) is 2.68. The Morgan fingerprint density at radius 3 is 2.65 bits per heavy atom. The van der Waals surface area contributed by atoms with E-state index < -0.39 is 0 Å². The fraction of sp³-hybridized carbons (Fsp3) is 0.647. The summed E-state index contributed by atoms with van der Waals surface area (Å²) in [5.41, 5.74) is 2.51. The molecule has 1 aromatic carbocycles. The Labute approximate surface area is 125 Å². The summed E-state index contributed by atoms with van der Waals surface area (Å²) in [4.78, 5) is 0. The fourth-order valence-electron chi connectivity index (χ4n) is 3.62. The molecular formula is C17H22ClNO. The second-order valence-corrected chi connectivity index (χ2v) is 7.06. The first-order valence-electron chi connectivity index (χ1n) is 7.96. The van der Waals surface area contributed by atoms with Gasteiger partial charge in [0.25, 0.3) is 0 Å². The van der Waals surface area contributed by atoms with Gasteiger partial charge in [-0.25, -0.2) is 0 Å². The van der Waals surface area contributed by atoms with Crippen LogP contribution in [-0.4, -0.2) is 13.2 Å². The molecule has 0 radical (unpaired) electrons. The number of halogens is 1. The van der Waals surface area contributed by atoms with Crippen molar-refractivity contribution in [3.8, 4) is 5.75 Å². The van der Waals surface area contributed by atoms with Crippen LogP contribution in [0.4, 0.5) is 0 Å². The molecule has 3 aliphatic rings. The van der Waals surface area contributed by atoms with Crippen molar-refractivity contribution >= 4 is 11.6 Å². The maximum absolute atomic E-state index is 6.21. The van der Waals surface area contributed by atoms with Crippen molar-refractivity contribution in [2.24, 2.45) is 17.8 Å². The van der Waals surface area contributed by atoms with Gasteiger partial charge < -0.3 is 10.1 Å². The van der Waals surface area contributed by atoms with Crippen LogP contribution in [0.2, 0.25) is 5.02 Å². The third-order valence-corrected chi connectivity index (χ3v) is 5.19. The van der Waals surface area contributed by atoms with Gasteiger partial charge in [-0.3, -0.25) is 0 Å². The van der Waals surface area contributed by atoms with Crippen molar-refractivity contribution in [2.45, 2.75) is 38.6 Å². The SMILES string of the molecule is Clc1cc2c(c(CNCC(C3CC3)C3CC3)c1)OCC2. The summed E-state index contributed by atoms with van der Waals surface area (Å²) in [7, 11) is 0. The Bertz CT molecular complexity index is 496. The predicted molar refractivity (Wildman–Crippen MR) is 81.3 cm³/mol. The van der Waals surface area contributed by atoms with E-state index in [-0.39, 0.29) is 0 Å². The van der Waals surface area contributed by atoms with Crippen molar-refractivity contribution in [2.75, 3.05) is 13.2 Å². The zero-order valence-electron chi connectivity index (χ0n) is 11.8. The summed E-state index contributed by atoms with van der Waals surface area (Å²) in [5.74, 6) is 4.02. The summed E-state index contributed by atoms with van der Waals surface area (Å²) in [6.45, 7) is 2.85. The molecule has 1 heterocycles. The van der Waals surface area contributed by atoms with E-state index in [4.69, 9.17) is 16.3 Å². The normalized spacial score (nSPS) is 21.1. The number of rotatable bonds is 6. The van der Waals surface area contributed by atoms with E-state index in [1.807, 2.05) is 6.07 Å². The Morgan fingerprint density at radius 1 is 1.20 bits per heavy atom. The van der Waals surface area contributed by atoms with Gasteiger partial charge in [0.05, 0.1) is 6.61 Å². The van der Waals surface area contributed by atoms with Gasteiger partial charge in [0.1, 0.15) is 5.75 Å². The van der Waals surface area contributed by atoms with Crippen LogP contribution < -0.4 is 10.1 Å². The molecule has 0 saturated heterocycles. The smallest absolute Gasteiger partial charge is 0.127 e. The summed E-state index contributed by atoms with van der Waals surface area (Å²) in [5, 5.41) is 4.50. The average molecular weight is 292 g/mol. The Hall–Kier alpha value is -0.730. The predicted octanol–water partition coefficient (Wildman–Crippen LogP) is 3.80. The number of ether oxygens (including phenoxy) is 1. The zero-order chi connectivity index (χ0) is 13.5. The number of benzene rings is 1. The highest BCUT2D eigenvalue weighted by molar-refractivity contribution is 6.30. The van der Waals surface area contributed by atoms with Gasteiger partial charge in [0, 0.05) is 23.6 Å². The van der Waals surface area contributed by atoms with E-state index in [1.54, 1.807) is 0 Å². The van der Waals surface area contributed by atoms with Gasteiger partial charge in [0.15, 0.2) is 0 Å². The first-order chi connectivity index (χ1) is 9.81. The first-order valence-corrected chi connectivity index (χ1v) is 8.34. The number of fused-ring (bicyclic) bond motifs is 1. The second-order valence-electron chi connectivity index (χ2n) is 6.62. The van der Waals surface area contributed by atoms with E-state index in [9.17, 15) is 0 Å². The largest absolute Gasteiger partial charge is 0.493 e. The van der Waals surface area contributed by atoms with Crippen LogP contribution in [0.1, 0.15) is 36.8 Å². The highest BCUT2D eigenvalue weighted by Crippen LogP contribution is 2.48. The molecule has 2 saturated carbocycles. The Morgan fingerprint density at radius 2 is 1.95 bits per heavy atom. The average Bonchev–Trinajstić information content (AvgIpc) is 3.34. The Kier molecular flexibility index (Phi) is 3.39. The fourth-order valence-corrected chi connectivity index (χ4v) is 3.88. The molecule has 1 aliphatic heterocycles. The molecule has 0 bridgehead atoms. The van der Waals surface area contributed by atoms with E-state index in [2.05, 4.69) is 11.4 Å². The molecule has 0 atom stereocenters. The number of nitrogens with one attached hydrogen (secondary N) is 1. The molecule has 108 valence electrons. The second kappa shape index (κ2) is 5.23. The first kappa shape index (κ1) is 13.0. The Balaban J connectivity index is 1.39. The van der Waals surface area contributed by atoms with E-state index in [0.29, 0.717) is 0 Å². The van der Waals surface area contributed by atoms with Gasteiger partial charge in [-0.1, -0.05) is 11.6 Å². The maximum Gasteiger partial charge on any atom is 0.127 e. The quantitative estimate of drug-likeness (QED) is 0.861. The van der Waals surface area contributed by atoms with Crippen LogP contribution in [-0.2, 0) is 13.0 Å². The molecule has 4 rings (SSSR count). The maximum atomic E-state index is 6.21. The minimum atomic E-state index is 0.801. The van der Waals surface area contributed by atoms with Gasteiger partial charge >= 0.3 is 0 Å². The van der Waals surface area contributed by atoms with Crippen LogP contribution >= 0.6 is 11.6 Å². The lowest BCUT2D eigenvalue weighted by Gasteiger charge is -2.17. The molecule has 0 spiro atoms. The van der Waals surface area contributed by atoms with Crippen LogP contribution in [0.15, 0.2) is 12.1 Å². The summed E-state index contributed by atoms with van der Waals surface area (Å²) >= 11 is 6.21. The van der Waals surface area contributed by atoms with E-state index in [1.165, 1.54) is 36.8 Å². The van der Waals surface area contributed by atoms with Crippen molar-refractivity contribution in [3.63, 3.8) is 0 Å². The molecule has 1 aromatic rings. The minimum Gasteiger partial charge on any atom is -0.493 e. The van der Waals surface area contributed by atoms with Crippen molar-refractivity contribution < 1.29 is 4.74 Å². The molecule has 0 amide bonds. The highest BCUT2D eigenvalue weighted by Gasteiger charge is 2.40. The molecule has 2 fully saturated rings. The van der Waals surface area contributed by atoms with Gasteiger partial charge in [-0.2, -0.15) is 0 Å². The molecule has 2 nitrogen and oxygen atoms in total. The molecule has 0 unspecified atom stereocenters. The lowest BCUT2D eigenvalue weighted by Crippen LogP contribution is -2.25. The summed E-state index contributed by atoms with van der Waals surface area (Å²) in [6, 6.07) is 4.10. The number of hydrogen-bond acceptors (Lipinski definition) is 2.